The standard InChI is InChI=1S/C9H15N5O3S/c1-5-8(10)9(13-12-5)14-3-6(2-7(14)15)4-18(11,16)17/h6H,2-4,10H2,1H3,(H,12,13)(H2,11,16,17). The van der Waals surface area contributed by atoms with Crippen molar-refractivity contribution in [3.05, 3.63) is 5.69 Å². The van der Waals surface area contributed by atoms with Gasteiger partial charge < -0.3 is 5.73 Å². The van der Waals surface area contributed by atoms with Crippen molar-refractivity contribution in [2.24, 2.45) is 11.1 Å². The molecule has 1 aliphatic rings. The predicted molar refractivity (Wildman–Crippen MR) is 66.2 cm³/mol. The summed E-state index contributed by atoms with van der Waals surface area (Å²) < 4.78 is 22.0. The first-order chi connectivity index (χ1) is 8.28. The molecule has 0 spiro atoms. The van der Waals surface area contributed by atoms with E-state index < -0.39 is 10.0 Å². The highest BCUT2D eigenvalue weighted by atomic mass is 32.2. The molecule has 1 atom stereocenters. The summed E-state index contributed by atoms with van der Waals surface area (Å²) in [7, 11) is -3.58. The summed E-state index contributed by atoms with van der Waals surface area (Å²) in [6.07, 6.45) is 0.141. The van der Waals surface area contributed by atoms with Gasteiger partial charge in [-0.1, -0.05) is 0 Å². The second-order valence-corrected chi connectivity index (χ2v) is 6.15. The number of nitrogens with zero attached hydrogens (tertiary/aromatic N) is 2. The number of sulfonamides is 1. The quantitative estimate of drug-likeness (QED) is 0.645. The van der Waals surface area contributed by atoms with Gasteiger partial charge in [0.2, 0.25) is 15.9 Å². The number of rotatable bonds is 3. The Morgan fingerprint density at radius 1 is 1.56 bits per heavy atom. The van der Waals surface area contributed by atoms with Crippen molar-refractivity contribution in [2.75, 3.05) is 22.9 Å². The van der Waals surface area contributed by atoms with E-state index in [-0.39, 0.29) is 30.5 Å². The van der Waals surface area contributed by atoms with Crippen molar-refractivity contribution in [2.45, 2.75) is 13.3 Å². The molecule has 1 unspecified atom stereocenters. The first-order valence-electron chi connectivity index (χ1n) is 5.39. The number of amides is 1. The number of aromatic nitrogens is 2. The lowest BCUT2D eigenvalue weighted by Crippen LogP contribution is -2.28. The molecule has 2 heterocycles. The third-order valence-electron chi connectivity index (χ3n) is 2.90. The number of anilines is 2. The summed E-state index contributed by atoms with van der Waals surface area (Å²) in [5.74, 6) is -0.362. The zero-order valence-electron chi connectivity index (χ0n) is 9.88. The molecule has 0 radical (unpaired) electrons. The first kappa shape index (κ1) is 12.8. The van der Waals surface area contributed by atoms with Crippen molar-refractivity contribution in [1.29, 1.82) is 0 Å². The number of aryl methyl sites for hydroxylation is 1. The molecule has 2 rings (SSSR count). The minimum Gasteiger partial charge on any atom is -0.394 e. The lowest BCUT2D eigenvalue weighted by Gasteiger charge is -2.14. The highest BCUT2D eigenvalue weighted by molar-refractivity contribution is 7.89. The smallest absolute Gasteiger partial charge is 0.228 e. The minimum atomic E-state index is -3.58. The molecule has 1 aromatic heterocycles. The fourth-order valence-corrected chi connectivity index (χ4v) is 2.94. The van der Waals surface area contributed by atoms with E-state index in [4.69, 9.17) is 10.9 Å². The number of carbonyl (C=O) groups excluding carboxylic acids is 1. The van der Waals surface area contributed by atoms with E-state index in [2.05, 4.69) is 10.2 Å². The number of H-pyrrole nitrogens is 1. The normalized spacial score (nSPS) is 20.7. The maximum absolute atomic E-state index is 11.8. The third-order valence-corrected chi connectivity index (χ3v) is 3.84. The van der Waals surface area contributed by atoms with Gasteiger partial charge in [0, 0.05) is 18.9 Å². The van der Waals surface area contributed by atoms with E-state index in [1.165, 1.54) is 4.90 Å². The van der Waals surface area contributed by atoms with E-state index >= 15 is 0 Å². The molecular formula is C9H15N5O3S. The van der Waals surface area contributed by atoms with Gasteiger partial charge in [0.15, 0.2) is 5.82 Å². The molecule has 1 aromatic rings. The van der Waals surface area contributed by atoms with Gasteiger partial charge in [-0.25, -0.2) is 13.6 Å². The number of hydrogen-bond acceptors (Lipinski definition) is 5. The summed E-state index contributed by atoms with van der Waals surface area (Å²) in [6, 6.07) is 0. The lowest BCUT2D eigenvalue weighted by atomic mass is 10.1. The number of carbonyl (C=O) groups is 1. The lowest BCUT2D eigenvalue weighted by molar-refractivity contribution is -0.117. The summed E-state index contributed by atoms with van der Waals surface area (Å²) in [4.78, 5) is 13.2. The van der Waals surface area contributed by atoms with E-state index in [1.54, 1.807) is 6.92 Å². The third kappa shape index (κ3) is 2.46. The zero-order chi connectivity index (χ0) is 13.5. The number of nitrogens with one attached hydrogen (secondary N) is 1. The summed E-state index contributed by atoms with van der Waals surface area (Å²) >= 11 is 0. The van der Waals surface area contributed by atoms with Crippen LogP contribution in [-0.4, -0.2) is 36.8 Å². The number of nitrogen functional groups attached to an aromatic ring is 1. The number of nitrogens with two attached hydrogens (primary N) is 2. The maximum atomic E-state index is 11.8. The zero-order valence-corrected chi connectivity index (χ0v) is 10.7. The van der Waals surface area contributed by atoms with Crippen molar-refractivity contribution in [3.63, 3.8) is 0 Å². The van der Waals surface area contributed by atoms with Crippen LogP contribution >= 0.6 is 0 Å². The monoisotopic (exact) mass is 273 g/mol. The Kier molecular flexibility index (Phi) is 3.03. The molecule has 1 aliphatic heterocycles. The highest BCUT2D eigenvalue weighted by Crippen LogP contribution is 2.29. The second kappa shape index (κ2) is 4.25. The molecular weight excluding hydrogens is 258 g/mol. The molecule has 8 nitrogen and oxygen atoms in total. The van der Waals surface area contributed by atoms with Crippen LogP contribution in [-0.2, 0) is 14.8 Å². The van der Waals surface area contributed by atoms with Crippen molar-refractivity contribution in [3.8, 4) is 0 Å². The Labute approximate surface area is 104 Å². The van der Waals surface area contributed by atoms with Crippen LogP contribution in [0.4, 0.5) is 11.5 Å². The van der Waals surface area contributed by atoms with Gasteiger partial charge in [0.1, 0.15) is 0 Å². The Bertz CT molecular complexity index is 579. The van der Waals surface area contributed by atoms with Crippen molar-refractivity contribution < 1.29 is 13.2 Å². The molecule has 5 N–H and O–H groups in total. The Hall–Kier alpha value is -1.61. The number of hydrogen-bond donors (Lipinski definition) is 3. The fourth-order valence-electron chi connectivity index (χ4n) is 2.06. The fraction of sp³-hybridized carbons (Fsp3) is 0.556. The van der Waals surface area contributed by atoms with Crippen molar-refractivity contribution >= 4 is 27.4 Å². The molecule has 0 aromatic carbocycles. The van der Waals surface area contributed by atoms with Crippen molar-refractivity contribution in [1.82, 2.24) is 10.2 Å². The van der Waals surface area contributed by atoms with Gasteiger partial charge in [-0.2, -0.15) is 5.10 Å². The van der Waals surface area contributed by atoms with E-state index in [0.717, 1.165) is 0 Å². The summed E-state index contributed by atoms with van der Waals surface area (Å²) in [5.41, 5.74) is 6.86. The van der Waals surface area contributed by atoms with Gasteiger partial charge in [-0.15, -0.1) is 0 Å². The average molecular weight is 273 g/mol. The molecule has 0 aliphatic carbocycles. The molecule has 1 saturated heterocycles. The molecule has 9 heteroatoms. The van der Waals surface area contributed by atoms with Gasteiger partial charge in [-0.3, -0.25) is 14.8 Å². The number of aromatic amines is 1. The average Bonchev–Trinajstić information content (AvgIpc) is 2.70. The Morgan fingerprint density at radius 2 is 2.22 bits per heavy atom. The maximum Gasteiger partial charge on any atom is 0.228 e. The molecule has 0 bridgehead atoms. The summed E-state index contributed by atoms with van der Waals surface area (Å²) in [5, 5.41) is 11.6. The van der Waals surface area contributed by atoms with Gasteiger partial charge in [0.05, 0.1) is 17.1 Å². The van der Waals surface area contributed by atoms with Crippen LogP contribution in [0.15, 0.2) is 0 Å². The van der Waals surface area contributed by atoms with Gasteiger partial charge >= 0.3 is 0 Å². The second-order valence-electron chi connectivity index (χ2n) is 4.49. The topological polar surface area (TPSA) is 135 Å². The van der Waals surface area contributed by atoms with Crippen LogP contribution in [0, 0.1) is 12.8 Å². The summed E-state index contributed by atoms with van der Waals surface area (Å²) in [6.45, 7) is 2.01. The van der Waals surface area contributed by atoms with E-state index in [1.807, 2.05) is 0 Å². The molecule has 1 fully saturated rings. The SMILES string of the molecule is Cc1[nH]nc(N2CC(CS(N)(=O)=O)CC2=O)c1N. The van der Waals surface area contributed by atoms with Crippen LogP contribution in [0.1, 0.15) is 12.1 Å². The first-order valence-corrected chi connectivity index (χ1v) is 7.10. The Morgan fingerprint density at radius 3 is 2.72 bits per heavy atom. The Balaban J connectivity index is 2.18. The van der Waals surface area contributed by atoms with Gasteiger partial charge in [0.25, 0.3) is 0 Å². The van der Waals surface area contributed by atoms with Gasteiger partial charge in [-0.05, 0) is 6.92 Å². The van der Waals surface area contributed by atoms with Crippen LogP contribution in [0.3, 0.4) is 0 Å². The molecule has 18 heavy (non-hydrogen) atoms. The predicted octanol–water partition coefficient (Wildman–Crippen LogP) is -1.06. The number of primary sulfonamides is 1. The van der Waals surface area contributed by atoms with E-state index in [9.17, 15) is 13.2 Å². The van der Waals surface area contributed by atoms with E-state index in [0.29, 0.717) is 17.2 Å². The molecule has 100 valence electrons. The van der Waals surface area contributed by atoms with Crippen LogP contribution < -0.4 is 15.8 Å². The van der Waals surface area contributed by atoms with Crippen LogP contribution in [0.5, 0.6) is 0 Å². The molecule has 0 saturated carbocycles. The minimum absolute atomic E-state index is 0.141. The van der Waals surface area contributed by atoms with Crippen LogP contribution in [0.25, 0.3) is 0 Å². The molecule has 1 amide bonds. The highest BCUT2D eigenvalue weighted by Gasteiger charge is 2.35. The van der Waals surface area contributed by atoms with Crippen LogP contribution in [0.2, 0.25) is 0 Å². The largest absolute Gasteiger partial charge is 0.394 e.